The Morgan fingerprint density at radius 1 is 0.939 bits per heavy atom. The molecule has 1 N–H and O–H groups in total. The predicted molar refractivity (Wildman–Crippen MR) is 132 cm³/mol. The molecule has 1 aromatic heterocycles. The molecule has 0 saturated carbocycles. The van der Waals surface area contributed by atoms with Gasteiger partial charge in [-0.2, -0.15) is 4.68 Å². The summed E-state index contributed by atoms with van der Waals surface area (Å²) in [6.45, 7) is 4.70. The number of thioether (sulfide) groups is 1. The van der Waals surface area contributed by atoms with E-state index in [1.165, 1.54) is 28.5 Å². The predicted octanol–water partition coefficient (Wildman–Crippen LogP) is 4.71. The summed E-state index contributed by atoms with van der Waals surface area (Å²) in [7, 11) is 0. The number of tetrazole rings is 1. The number of aryl methyl sites for hydroxylation is 1. The second-order valence-electron chi connectivity index (χ2n) is 7.89. The zero-order valence-corrected chi connectivity index (χ0v) is 19.6. The summed E-state index contributed by atoms with van der Waals surface area (Å²) < 4.78 is 1.70. The average Bonchev–Trinajstić information content (AvgIpc) is 3.32. The van der Waals surface area contributed by atoms with E-state index in [1.54, 1.807) is 4.68 Å². The number of amides is 1. The summed E-state index contributed by atoms with van der Waals surface area (Å²) in [6.07, 6.45) is 0.824. The van der Waals surface area contributed by atoms with Gasteiger partial charge in [-0.25, -0.2) is 0 Å². The molecule has 168 valence electrons. The molecule has 0 aliphatic rings. The molecule has 3 aromatic carbocycles. The maximum absolute atomic E-state index is 12.6. The molecule has 0 radical (unpaired) electrons. The van der Waals surface area contributed by atoms with Crippen LogP contribution in [0.4, 0.5) is 0 Å². The van der Waals surface area contributed by atoms with Gasteiger partial charge in [0.1, 0.15) is 0 Å². The van der Waals surface area contributed by atoms with E-state index in [4.69, 9.17) is 0 Å². The molecule has 7 heteroatoms. The lowest BCUT2D eigenvalue weighted by atomic mass is 9.88. The molecule has 1 heterocycles. The van der Waals surface area contributed by atoms with E-state index >= 15 is 0 Å². The zero-order valence-electron chi connectivity index (χ0n) is 18.8. The minimum Gasteiger partial charge on any atom is -0.355 e. The maximum Gasteiger partial charge on any atom is 0.230 e. The summed E-state index contributed by atoms with van der Waals surface area (Å²) in [6, 6.07) is 26.9. The molecule has 0 unspecified atom stereocenters. The van der Waals surface area contributed by atoms with Gasteiger partial charge in [0, 0.05) is 12.5 Å². The van der Waals surface area contributed by atoms with Crippen molar-refractivity contribution < 1.29 is 4.79 Å². The largest absolute Gasteiger partial charge is 0.355 e. The summed E-state index contributed by atoms with van der Waals surface area (Å²) >= 11 is 1.34. The first-order valence-electron chi connectivity index (χ1n) is 11.0. The first-order valence-corrected chi connectivity index (χ1v) is 12.0. The highest BCUT2D eigenvalue weighted by atomic mass is 32.2. The van der Waals surface area contributed by atoms with E-state index < -0.39 is 0 Å². The van der Waals surface area contributed by atoms with Crippen molar-refractivity contribution in [3.63, 3.8) is 0 Å². The Morgan fingerprint density at radius 3 is 2.27 bits per heavy atom. The van der Waals surface area contributed by atoms with Crippen LogP contribution in [0.5, 0.6) is 0 Å². The third kappa shape index (κ3) is 5.68. The summed E-state index contributed by atoms with van der Waals surface area (Å²) in [5.74, 6) is 0.458. The standard InChI is InChI=1S/C26H27N5OS/c1-19-10-9-15-24(20(19)2)31-26(28-29-30-31)33-18-25(32)27-17-16-23(21-11-5-3-6-12-21)22-13-7-4-8-14-22/h3-15,23H,16-18H2,1-2H3,(H,27,32). The van der Waals surface area contributed by atoms with Crippen LogP contribution in [0.15, 0.2) is 84.0 Å². The fraction of sp³-hybridized carbons (Fsp3) is 0.231. The van der Waals surface area contributed by atoms with Gasteiger partial charge >= 0.3 is 0 Å². The molecule has 1 amide bonds. The summed E-state index contributed by atoms with van der Waals surface area (Å²) in [4.78, 5) is 12.6. The molecule has 0 atom stereocenters. The van der Waals surface area contributed by atoms with Crippen LogP contribution >= 0.6 is 11.8 Å². The van der Waals surface area contributed by atoms with Crippen LogP contribution in [0.1, 0.15) is 34.6 Å². The van der Waals surface area contributed by atoms with E-state index in [9.17, 15) is 4.79 Å². The lowest BCUT2D eigenvalue weighted by Crippen LogP contribution is -2.27. The maximum atomic E-state index is 12.6. The van der Waals surface area contributed by atoms with Crippen LogP contribution < -0.4 is 5.32 Å². The number of carbonyl (C=O) groups is 1. The summed E-state index contributed by atoms with van der Waals surface area (Å²) in [5, 5.41) is 15.7. The Balaban J connectivity index is 1.35. The first kappa shape index (κ1) is 22.7. The smallest absolute Gasteiger partial charge is 0.230 e. The van der Waals surface area contributed by atoms with Gasteiger partial charge in [-0.15, -0.1) is 5.10 Å². The Labute approximate surface area is 198 Å². The second-order valence-corrected chi connectivity index (χ2v) is 8.84. The van der Waals surface area contributed by atoms with Crippen LogP contribution in [0.3, 0.4) is 0 Å². The highest BCUT2D eigenvalue weighted by molar-refractivity contribution is 7.99. The van der Waals surface area contributed by atoms with Crippen molar-refractivity contribution in [1.82, 2.24) is 25.5 Å². The zero-order chi connectivity index (χ0) is 23.0. The number of nitrogens with one attached hydrogen (secondary N) is 1. The van der Waals surface area contributed by atoms with Crippen LogP contribution in [-0.4, -0.2) is 38.4 Å². The van der Waals surface area contributed by atoms with Crippen molar-refractivity contribution >= 4 is 17.7 Å². The van der Waals surface area contributed by atoms with Crippen LogP contribution in [0.25, 0.3) is 5.69 Å². The number of rotatable bonds is 9. The monoisotopic (exact) mass is 457 g/mol. The van der Waals surface area contributed by atoms with Gasteiger partial charge in [0.05, 0.1) is 11.4 Å². The first-order chi connectivity index (χ1) is 16.1. The van der Waals surface area contributed by atoms with E-state index in [0.29, 0.717) is 11.7 Å². The SMILES string of the molecule is Cc1cccc(-n2nnnc2SCC(=O)NCCC(c2ccccc2)c2ccccc2)c1C. The van der Waals surface area contributed by atoms with E-state index in [2.05, 4.69) is 82.4 Å². The quantitative estimate of drug-likeness (QED) is 0.369. The molecule has 0 aliphatic carbocycles. The molecule has 0 spiro atoms. The van der Waals surface area contributed by atoms with Gasteiger partial charge < -0.3 is 5.32 Å². The highest BCUT2D eigenvalue weighted by Crippen LogP contribution is 2.27. The normalized spacial score (nSPS) is 11.0. The molecule has 0 saturated heterocycles. The third-order valence-electron chi connectivity index (χ3n) is 5.74. The van der Waals surface area contributed by atoms with Gasteiger partial charge in [0.2, 0.25) is 11.1 Å². The van der Waals surface area contributed by atoms with E-state index in [0.717, 1.165) is 17.7 Å². The average molecular weight is 458 g/mol. The Morgan fingerprint density at radius 2 is 1.61 bits per heavy atom. The topological polar surface area (TPSA) is 72.7 Å². The fourth-order valence-corrected chi connectivity index (χ4v) is 4.53. The third-order valence-corrected chi connectivity index (χ3v) is 6.66. The molecular weight excluding hydrogens is 430 g/mol. The Bertz CT molecular complexity index is 1150. The molecule has 33 heavy (non-hydrogen) atoms. The molecule has 0 aliphatic heterocycles. The van der Waals surface area contributed by atoms with E-state index in [-0.39, 0.29) is 17.6 Å². The Kier molecular flexibility index (Phi) is 7.52. The van der Waals surface area contributed by atoms with Gasteiger partial charge in [0.15, 0.2) is 0 Å². The molecule has 4 rings (SSSR count). The van der Waals surface area contributed by atoms with Crippen molar-refractivity contribution in [2.75, 3.05) is 12.3 Å². The van der Waals surface area contributed by atoms with Gasteiger partial charge in [-0.1, -0.05) is 84.6 Å². The molecule has 6 nitrogen and oxygen atoms in total. The van der Waals surface area contributed by atoms with Gasteiger partial charge in [-0.3, -0.25) is 4.79 Å². The number of carbonyl (C=O) groups excluding carboxylic acids is 1. The number of hydrogen-bond donors (Lipinski definition) is 1. The van der Waals surface area contributed by atoms with E-state index in [1.807, 2.05) is 31.2 Å². The lowest BCUT2D eigenvalue weighted by Gasteiger charge is -2.18. The van der Waals surface area contributed by atoms with Gasteiger partial charge in [0.25, 0.3) is 0 Å². The van der Waals surface area contributed by atoms with Crippen molar-refractivity contribution in [2.24, 2.45) is 0 Å². The highest BCUT2D eigenvalue weighted by Gasteiger charge is 2.16. The number of benzene rings is 3. The minimum absolute atomic E-state index is 0.0320. The number of nitrogens with zero attached hydrogens (tertiary/aromatic N) is 4. The van der Waals surface area contributed by atoms with Crippen LogP contribution in [-0.2, 0) is 4.79 Å². The summed E-state index contributed by atoms with van der Waals surface area (Å²) in [5.41, 5.74) is 5.71. The number of aromatic nitrogens is 4. The lowest BCUT2D eigenvalue weighted by molar-refractivity contribution is -0.118. The van der Waals surface area contributed by atoms with Gasteiger partial charge in [-0.05, 0) is 59.0 Å². The van der Waals surface area contributed by atoms with Crippen LogP contribution in [0, 0.1) is 13.8 Å². The molecular formula is C26H27N5OS. The van der Waals surface area contributed by atoms with Crippen molar-refractivity contribution in [3.05, 3.63) is 101 Å². The molecule has 0 fully saturated rings. The minimum atomic E-state index is -0.0320. The Hall–Kier alpha value is -3.45. The van der Waals surface area contributed by atoms with Crippen molar-refractivity contribution in [3.8, 4) is 5.69 Å². The molecule has 4 aromatic rings. The number of hydrogen-bond acceptors (Lipinski definition) is 5. The molecule has 0 bridgehead atoms. The van der Waals surface area contributed by atoms with Crippen molar-refractivity contribution in [2.45, 2.75) is 31.3 Å². The van der Waals surface area contributed by atoms with Crippen LogP contribution in [0.2, 0.25) is 0 Å². The van der Waals surface area contributed by atoms with Crippen molar-refractivity contribution in [1.29, 1.82) is 0 Å². The fourth-order valence-electron chi connectivity index (χ4n) is 3.82. The second kappa shape index (κ2) is 10.9.